The molecule has 1 atom stereocenters. The van der Waals surface area contributed by atoms with E-state index >= 15 is 0 Å². The second-order valence-corrected chi connectivity index (χ2v) is 5.38. The zero-order chi connectivity index (χ0) is 17.0. The van der Waals surface area contributed by atoms with E-state index in [0.717, 1.165) is 11.3 Å². The Balaban J connectivity index is 1.98. The lowest BCUT2D eigenvalue weighted by atomic mass is 10.1. The smallest absolute Gasteiger partial charge is 0.261 e. The summed E-state index contributed by atoms with van der Waals surface area (Å²) in [5.74, 6) is -0.539. The maximum absolute atomic E-state index is 13.1. The molecular formula is C17H19FN2O3. The summed E-state index contributed by atoms with van der Waals surface area (Å²) in [6, 6.07) is 7.42. The van der Waals surface area contributed by atoms with Gasteiger partial charge in [0.1, 0.15) is 11.6 Å². The highest BCUT2D eigenvalue weighted by molar-refractivity contribution is 5.80. The molecule has 0 aliphatic heterocycles. The molecule has 2 N–H and O–H groups in total. The topological polar surface area (TPSA) is 71.2 Å². The van der Waals surface area contributed by atoms with Crippen LogP contribution in [-0.4, -0.2) is 17.0 Å². The molecule has 0 bridgehead atoms. The molecule has 0 aliphatic rings. The number of ether oxygens (including phenoxy) is 1. The molecular weight excluding hydrogens is 299 g/mol. The molecule has 5 nitrogen and oxygen atoms in total. The molecule has 1 aromatic carbocycles. The SMILES string of the molecule is Cc1cc(C)c(CNC(=O)C(C)Oc2cccc(F)c2)c(=O)[nH]1. The van der Waals surface area contributed by atoms with Crippen LogP contribution in [0.5, 0.6) is 5.75 Å². The Morgan fingerprint density at radius 3 is 2.74 bits per heavy atom. The van der Waals surface area contributed by atoms with Crippen LogP contribution in [0.25, 0.3) is 0 Å². The van der Waals surface area contributed by atoms with E-state index in [9.17, 15) is 14.0 Å². The lowest BCUT2D eigenvalue weighted by Crippen LogP contribution is -2.37. The molecule has 0 fully saturated rings. The minimum Gasteiger partial charge on any atom is -0.481 e. The summed E-state index contributed by atoms with van der Waals surface area (Å²) in [6.45, 7) is 5.28. The van der Waals surface area contributed by atoms with Gasteiger partial charge in [-0.1, -0.05) is 6.07 Å². The van der Waals surface area contributed by atoms with E-state index in [4.69, 9.17) is 4.74 Å². The Kier molecular flexibility index (Phi) is 5.16. The van der Waals surface area contributed by atoms with E-state index in [1.807, 2.05) is 13.0 Å². The van der Waals surface area contributed by atoms with Crippen LogP contribution < -0.4 is 15.6 Å². The summed E-state index contributed by atoms with van der Waals surface area (Å²) in [5.41, 5.74) is 1.86. The highest BCUT2D eigenvalue weighted by Gasteiger charge is 2.16. The highest BCUT2D eigenvalue weighted by Crippen LogP contribution is 2.14. The molecule has 23 heavy (non-hydrogen) atoms. The predicted molar refractivity (Wildman–Crippen MR) is 84.9 cm³/mol. The van der Waals surface area contributed by atoms with Crippen molar-refractivity contribution in [1.29, 1.82) is 0 Å². The first kappa shape index (κ1) is 16.7. The summed E-state index contributed by atoms with van der Waals surface area (Å²) in [6.07, 6.45) is -0.804. The molecule has 0 radical (unpaired) electrons. The van der Waals surface area contributed by atoms with Gasteiger partial charge in [0.2, 0.25) is 0 Å². The summed E-state index contributed by atoms with van der Waals surface area (Å²) in [5, 5.41) is 2.66. The average Bonchev–Trinajstić information content (AvgIpc) is 2.45. The molecule has 2 rings (SSSR count). The van der Waals surface area contributed by atoms with Crippen LogP contribution >= 0.6 is 0 Å². The zero-order valence-corrected chi connectivity index (χ0v) is 13.3. The molecule has 1 aromatic heterocycles. The number of carbonyl (C=O) groups excluding carboxylic acids is 1. The number of halogens is 1. The molecule has 0 saturated heterocycles. The number of hydrogen-bond donors (Lipinski definition) is 2. The number of pyridine rings is 1. The van der Waals surface area contributed by atoms with Crippen molar-refractivity contribution in [2.75, 3.05) is 0 Å². The Hall–Kier alpha value is -2.63. The largest absolute Gasteiger partial charge is 0.481 e. The monoisotopic (exact) mass is 318 g/mol. The number of carbonyl (C=O) groups is 1. The fourth-order valence-corrected chi connectivity index (χ4v) is 2.22. The number of amides is 1. The van der Waals surface area contributed by atoms with Crippen LogP contribution in [0.4, 0.5) is 4.39 Å². The molecule has 0 spiro atoms. The number of H-pyrrole nitrogens is 1. The van der Waals surface area contributed by atoms with Crippen molar-refractivity contribution in [3.63, 3.8) is 0 Å². The standard InChI is InChI=1S/C17H19FN2O3/c1-10-7-11(2)20-17(22)15(10)9-19-16(21)12(3)23-14-6-4-5-13(18)8-14/h4-8,12H,9H2,1-3H3,(H,19,21)(H,20,22). The van der Waals surface area contributed by atoms with E-state index < -0.39 is 11.9 Å². The highest BCUT2D eigenvalue weighted by atomic mass is 19.1. The number of aryl methyl sites for hydroxylation is 2. The molecule has 0 saturated carbocycles. The Morgan fingerprint density at radius 2 is 2.09 bits per heavy atom. The summed E-state index contributed by atoms with van der Waals surface area (Å²) >= 11 is 0. The number of hydrogen-bond acceptors (Lipinski definition) is 3. The molecule has 1 amide bonds. The second kappa shape index (κ2) is 7.09. The van der Waals surface area contributed by atoms with Gasteiger partial charge in [0.15, 0.2) is 6.10 Å². The van der Waals surface area contributed by atoms with Crippen molar-refractivity contribution >= 4 is 5.91 Å². The molecule has 1 unspecified atom stereocenters. The maximum atomic E-state index is 13.1. The van der Waals surface area contributed by atoms with E-state index in [2.05, 4.69) is 10.3 Å². The van der Waals surface area contributed by atoms with Crippen molar-refractivity contribution in [3.8, 4) is 5.75 Å². The van der Waals surface area contributed by atoms with Gasteiger partial charge in [-0.2, -0.15) is 0 Å². The van der Waals surface area contributed by atoms with Crippen molar-refractivity contribution < 1.29 is 13.9 Å². The molecule has 0 aliphatic carbocycles. The van der Waals surface area contributed by atoms with Crippen LogP contribution in [0.15, 0.2) is 35.1 Å². The molecule has 2 aromatic rings. The maximum Gasteiger partial charge on any atom is 0.261 e. The molecule has 122 valence electrons. The summed E-state index contributed by atoms with van der Waals surface area (Å²) in [7, 11) is 0. The quantitative estimate of drug-likeness (QED) is 0.888. The van der Waals surface area contributed by atoms with Gasteiger partial charge >= 0.3 is 0 Å². The third kappa shape index (κ3) is 4.42. The van der Waals surface area contributed by atoms with Gasteiger partial charge in [-0.25, -0.2) is 4.39 Å². The first-order chi connectivity index (χ1) is 10.9. The number of rotatable bonds is 5. The number of aromatic amines is 1. The van der Waals surface area contributed by atoms with Crippen LogP contribution in [-0.2, 0) is 11.3 Å². The second-order valence-electron chi connectivity index (χ2n) is 5.38. The molecule has 1 heterocycles. The van der Waals surface area contributed by atoms with E-state index in [1.54, 1.807) is 19.9 Å². The fourth-order valence-electron chi connectivity index (χ4n) is 2.22. The summed E-state index contributed by atoms with van der Waals surface area (Å²) < 4.78 is 18.5. The number of nitrogens with one attached hydrogen (secondary N) is 2. The zero-order valence-electron chi connectivity index (χ0n) is 13.3. The Morgan fingerprint density at radius 1 is 1.35 bits per heavy atom. The molecule has 6 heteroatoms. The van der Waals surface area contributed by atoms with Gasteiger partial charge in [0.25, 0.3) is 11.5 Å². The van der Waals surface area contributed by atoms with Crippen molar-refractivity contribution in [1.82, 2.24) is 10.3 Å². The van der Waals surface area contributed by atoms with Crippen molar-refractivity contribution in [2.24, 2.45) is 0 Å². The van der Waals surface area contributed by atoms with E-state index in [0.29, 0.717) is 5.56 Å². The van der Waals surface area contributed by atoms with Gasteiger partial charge in [-0.15, -0.1) is 0 Å². The third-order valence-corrected chi connectivity index (χ3v) is 3.41. The minimum absolute atomic E-state index is 0.108. The number of benzene rings is 1. The van der Waals surface area contributed by atoms with E-state index in [-0.39, 0.29) is 23.8 Å². The first-order valence-electron chi connectivity index (χ1n) is 7.26. The van der Waals surface area contributed by atoms with Gasteiger partial charge < -0.3 is 15.0 Å². The van der Waals surface area contributed by atoms with E-state index in [1.165, 1.54) is 18.2 Å². The van der Waals surface area contributed by atoms with Crippen LogP contribution in [0.3, 0.4) is 0 Å². The van der Waals surface area contributed by atoms with Crippen molar-refractivity contribution in [2.45, 2.75) is 33.4 Å². The van der Waals surface area contributed by atoms with Crippen molar-refractivity contribution in [3.05, 3.63) is 63.3 Å². The lowest BCUT2D eigenvalue weighted by molar-refractivity contribution is -0.127. The average molecular weight is 318 g/mol. The lowest BCUT2D eigenvalue weighted by Gasteiger charge is -2.15. The normalized spacial score (nSPS) is 11.8. The Labute approximate surface area is 133 Å². The van der Waals surface area contributed by atoms with Gasteiger partial charge in [-0.3, -0.25) is 9.59 Å². The van der Waals surface area contributed by atoms with Crippen LogP contribution in [0, 0.1) is 19.7 Å². The first-order valence-corrected chi connectivity index (χ1v) is 7.26. The summed E-state index contributed by atoms with van der Waals surface area (Å²) in [4.78, 5) is 26.6. The Bertz CT molecular complexity index is 771. The van der Waals surface area contributed by atoms with Gasteiger partial charge in [-0.05, 0) is 44.5 Å². The third-order valence-electron chi connectivity index (χ3n) is 3.41. The predicted octanol–water partition coefficient (Wildman–Crippen LogP) is 2.21. The van der Waals surface area contributed by atoms with Gasteiger partial charge in [0, 0.05) is 23.9 Å². The fraction of sp³-hybridized carbons (Fsp3) is 0.294. The number of aromatic nitrogens is 1. The minimum atomic E-state index is -0.804. The van der Waals surface area contributed by atoms with Crippen LogP contribution in [0.2, 0.25) is 0 Å². The van der Waals surface area contributed by atoms with Gasteiger partial charge in [0.05, 0.1) is 0 Å². The van der Waals surface area contributed by atoms with Crippen LogP contribution in [0.1, 0.15) is 23.7 Å².